The average Bonchev–Trinajstić information content (AvgIpc) is 2.40. The second-order valence-electron chi connectivity index (χ2n) is 5.16. The predicted octanol–water partition coefficient (Wildman–Crippen LogP) is 1.35. The van der Waals surface area contributed by atoms with Crippen LogP contribution in [0.15, 0.2) is 0 Å². The molecule has 4 heteroatoms. The molecule has 18 heavy (non-hydrogen) atoms. The second kappa shape index (κ2) is 8.48. The lowest BCUT2D eigenvalue weighted by Gasteiger charge is -2.31. The molecule has 1 saturated carbocycles. The molecule has 0 aromatic heterocycles. The first-order valence-electron chi connectivity index (χ1n) is 7.44. The Kier molecular flexibility index (Phi) is 7.28. The smallest absolute Gasteiger partial charge is 0.223 e. The standard InChI is InChI=1S/C14H29N3O/c1-3-17(4-2)14(18)9-10-16-13-8-6-5-7-12(13)11-15/h12-13,16H,3-11,15H2,1-2H3. The van der Waals surface area contributed by atoms with Gasteiger partial charge in [0.15, 0.2) is 0 Å². The van der Waals surface area contributed by atoms with Crippen molar-refractivity contribution in [2.75, 3.05) is 26.2 Å². The molecule has 0 radical (unpaired) electrons. The van der Waals surface area contributed by atoms with Gasteiger partial charge in [-0.1, -0.05) is 12.8 Å². The minimum Gasteiger partial charge on any atom is -0.343 e. The lowest BCUT2D eigenvalue weighted by Crippen LogP contribution is -2.43. The molecule has 1 aliphatic rings. The number of nitrogens with zero attached hydrogens (tertiary/aromatic N) is 1. The molecule has 1 rings (SSSR count). The Balaban J connectivity index is 2.25. The van der Waals surface area contributed by atoms with Crippen LogP contribution < -0.4 is 11.1 Å². The summed E-state index contributed by atoms with van der Waals surface area (Å²) in [6.45, 7) is 7.23. The summed E-state index contributed by atoms with van der Waals surface area (Å²) in [4.78, 5) is 13.8. The fraction of sp³-hybridized carbons (Fsp3) is 0.929. The zero-order valence-electron chi connectivity index (χ0n) is 12.0. The van der Waals surface area contributed by atoms with Crippen LogP contribution >= 0.6 is 0 Å². The summed E-state index contributed by atoms with van der Waals surface area (Å²) < 4.78 is 0. The summed E-state index contributed by atoms with van der Waals surface area (Å²) in [5, 5.41) is 3.53. The van der Waals surface area contributed by atoms with Gasteiger partial charge in [-0.2, -0.15) is 0 Å². The van der Waals surface area contributed by atoms with Crippen molar-refractivity contribution < 1.29 is 4.79 Å². The number of rotatable bonds is 7. The van der Waals surface area contributed by atoms with Crippen LogP contribution in [-0.2, 0) is 4.79 Å². The van der Waals surface area contributed by atoms with Crippen LogP contribution in [0.2, 0.25) is 0 Å². The highest BCUT2D eigenvalue weighted by Crippen LogP contribution is 2.23. The van der Waals surface area contributed by atoms with Crippen LogP contribution in [0.25, 0.3) is 0 Å². The molecule has 1 fully saturated rings. The number of amides is 1. The van der Waals surface area contributed by atoms with Crippen LogP contribution in [0.1, 0.15) is 46.0 Å². The maximum atomic E-state index is 11.9. The molecule has 3 N–H and O–H groups in total. The zero-order chi connectivity index (χ0) is 13.4. The summed E-state index contributed by atoms with van der Waals surface area (Å²) in [6.07, 6.45) is 5.64. The van der Waals surface area contributed by atoms with E-state index in [1.54, 1.807) is 0 Å². The van der Waals surface area contributed by atoms with E-state index in [1.807, 2.05) is 18.7 Å². The predicted molar refractivity (Wildman–Crippen MR) is 75.3 cm³/mol. The minimum absolute atomic E-state index is 0.257. The summed E-state index contributed by atoms with van der Waals surface area (Å²) in [5.74, 6) is 0.856. The molecule has 0 aromatic rings. The number of hydrogen-bond acceptors (Lipinski definition) is 3. The number of carbonyl (C=O) groups excluding carboxylic acids is 1. The van der Waals surface area contributed by atoms with Crippen molar-refractivity contribution in [2.24, 2.45) is 11.7 Å². The van der Waals surface area contributed by atoms with Gasteiger partial charge in [-0.3, -0.25) is 4.79 Å². The van der Waals surface area contributed by atoms with Crippen molar-refractivity contribution in [3.63, 3.8) is 0 Å². The normalized spacial score (nSPS) is 23.9. The third kappa shape index (κ3) is 4.58. The number of nitrogens with one attached hydrogen (secondary N) is 1. The van der Waals surface area contributed by atoms with Crippen LogP contribution in [-0.4, -0.2) is 43.0 Å². The Morgan fingerprint density at radius 2 is 1.94 bits per heavy atom. The lowest BCUT2D eigenvalue weighted by atomic mass is 9.84. The highest BCUT2D eigenvalue weighted by Gasteiger charge is 2.23. The maximum Gasteiger partial charge on any atom is 0.223 e. The Morgan fingerprint density at radius 3 is 2.56 bits per heavy atom. The monoisotopic (exact) mass is 255 g/mol. The zero-order valence-corrected chi connectivity index (χ0v) is 12.0. The molecule has 4 nitrogen and oxygen atoms in total. The maximum absolute atomic E-state index is 11.9. The second-order valence-corrected chi connectivity index (χ2v) is 5.16. The molecule has 2 unspecified atom stereocenters. The van der Waals surface area contributed by atoms with Gasteiger partial charge < -0.3 is 16.0 Å². The highest BCUT2D eigenvalue weighted by atomic mass is 16.2. The van der Waals surface area contributed by atoms with Gasteiger partial charge in [0.1, 0.15) is 0 Å². The fourth-order valence-electron chi connectivity index (χ4n) is 2.86. The van der Waals surface area contributed by atoms with Gasteiger partial charge in [-0.15, -0.1) is 0 Å². The minimum atomic E-state index is 0.257. The number of nitrogens with two attached hydrogens (primary N) is 1. The largest absolute Gasteiger partial charge is 0.343 e. The van der Waals surface area contributed by atoms with E-state index in [9.17, 15) is 4.79 Å². The van der Waals surface area contributed by atoms with Crippen LogP contribution in [0, 0.1) is 5.92 Å². The van der Waals surface area contributed by atoms with E-state index >= 15 is 0 Å². The van der Waals surface area contributed by atoms with E-state index in [-0.39, 0.29) is 5.91 Å². The van der Waals surface area contributed by atoms with E-state index in [2.05, 4.69) is 5.32 Å². The van der Waals surface area contributed by atoms with Gasteiger partial charge in [0.25, 0.3) is 0 Å². The average molecular weight is 255 g/mol. The van der Waals surface area contributed by atoms with Gasteiger partial charge >= 0.3 is 0 Å². The van der Waals surface area contributed by atoms with E-state index in [4.69, 9.17) is 5.73 Å². The number of carbonyl (C=O) groups is 1. The lowest BCUT2D eigenvalue weighted by molar-refractivity contribution is -0.130. The summed E-state index contributed by atoms with van der Waals surface area (Å²) in [5.41, 5.74) is 5.80. The molecular weight excluding hydrogens is 226 g/mol. The van der Waals surface area contributed by atoms with Gasteiger partial charge in [0.05, 0.1) is 0 Å². The third-order valence-electron chi connectivity index (χ3n) is 4.07. The van der Waals surface area contributed by atoms with Crippen molar-refractivity contribution in [3.8, 4) is 0 Å². The SMILES string of the molecule is CCN(CC)C(=O)CCNC1CCCCC1CN. The van der Waals surface area contributed by atoms with Crippen molar-refractivity contribution in [1.82, 2.24) is 10.2 Å². The third-order valence-corrected chi connectivity index (χ3v) is 4.07. The first-order chi connectivity index (χ1) is 8.72. The van der Waals surface area contributed by atoms with Crippen LogP contribution in [0.5, 0.6) is 0 Å². The molecule has 0 aromatic carbocycles. The highest BCUT2D eigenvalue weighted by molar-refractivity contribution is 5.76. The summed E-state index contributed by atoms with van der Waals surface area (Å²) >= 11 is 0. The molecule has 1 amide bonds. The van der Waals surface area contributed by atoms with Crippen molar-refractivity contribution in [3.05, 3.63) is 0 Å². The first-order valence-corrected chi connectivity index (χ1v) is 7.44. The van der Waals surface area contributed by atoms with Crippen molar-refractivity contribution in [2.45, 2.75) is 52.0 Å². The van der Waals surface area contributed by atoms with E-state index in [0.717, 1.165) is 26.2 Å². The van der Waals surface area contributed by atoms with Gasteiger partial charge in [-0.25, -0.2) is 0 Å². The molecule has 1 aliphatic carbocycles. The molecule has 0 spiro atoms. The van der Waals surface area contributed by atoms with Crippen molar-refractivity contribution in [1.29, 1.82) is 0 Å². The molecule has 106 valence electrons. The Labute approximate surface area is 111 Å². The quantitative estimate of drug-likeness (QED) is 0.722. The Bertz CT molecular complexity index is 241. The van der Waals surface area contributed by atoms with Crippen LogP contribution in [0.4, 0.5) is 0 Å². The van der Waals surface area contributed by atoms with Crippen molar-refractivity contribution >= 4 is 5.91 Å². The first kappa shape index (κ1) is 15.4. The van der Waals surface area contributed by atoms with Gasteiger partial charge in [0.2, 0.25) is 5.91 Å². The molecule has 0 saturated heterocycles. The van der Waals surface area contributed by atoms with Gasteiger partial charge in [0, 0.05) is 32.1 Å². The topological polar surface area (TPSA) is 58.4 Å². The van der Waals surface area contributed by atoms with Crippen LogP contribution in [0.3, 0.4) is 0 Å². The molecule has 0 aliphatic heterocycles. The van der Waals surface area contributed by atoms with E-state index < -0.39 is 0 Å². The Hall–Kier alpha value is -0.610. The Morgan fingerprint density at radius 1 is 1.28 bits per heavy atom. The molecule has 0 heterocycles. The van der Waals surface area contributed by atoms with Gasteiger partial charge in [-0.05, 0) is 39.2 Å². The fourth-order valence-corrected chi connectivity index (χ4v) is 2.86. The van der Waals surface area contributed by atoms with E-state index in [0.29, 0.717) is 18.4 Å². The summed E-state index contributed by atoms with van der Waals surface area (Å²) in [6, 6.07) is 0.522. The molecular formula is C14H29N3O. The number of hydrogen-bond donors (Lipinski definition) is 2. The van der Waals surface area contributed by atoms with E-state index in [1.165, 1.54) is 25.7 Å². The summed E-state index contributed by atoms with van der Waals surface area (Å²) in [7, 11) is 0. The molecule has 0 bridgehead atoms. The molecule has 2 atom stereocenters.